The maximum Gasteiger partial charge on any atom is 0.244 e. The molecule has 3 aromatic carbocycles. The van der Waals surface area contributed by atoms with Gasteiger partial charge in [0.25, 0.3) is 0 Å². The summed E-state index contributed by atoms with van der Waals surface area (Å²) in [5.74, 6) is 0.391. The van der Waals surface area contributed by atoms with Gasteiger partial charge in [-0.1, -0.05) is 55.0 Å². The minimum atomic E-state index is -3.81. The Morgan fingerprint density at radius 1 is 0.946 bits per heavy atom. The van der Waals surface area contributed by atoms with E-state index in [0.717, 1.165) is 21.7 Å². The third-order valence-electron chi connectivity index (χ3n) is 5.85. The maximum absolute atomic E-state index is 13.6. The number of anilines is 1. The van der Waals surface area contributed by atoms with E-state index in [2.05, 4.69) is 5.32 Å². The Morgan fingerprint density at radius 2 is 1.59 bits per heavy atom. The van der Waals surface area contributed by atoms with Gasteiger partial charge in [0.15, 0.2) is 0 Å². The van der Waals surface area contributed by atoms with Gasteiger partial charge < -0.3 is 15.0 Å². The van der Waals surface area contributed by atoms with Crippen LogP contribution in [0.3, 0.4) is 0 Å². The summed E-state index contributed by atoms with van der Waals surface area (Å²) < 4.78 is 32.3. The SMILES string of the molecule is CC[C@H](C(=O)NC)N(Cc1cccc(C)c1)C(=O)CN(c1ccc(Oc2ccccc2)cc1)S(C)(=O)=O. The normalized spacial score (nSPS) is 11.9. The molecule has 8 nitrogen and oxygen atoms in total. The third kappa shape index (κ3) is 7.57. The molecule has 196 valence electrons. The molecule has 0 heterocycles. The first kappa shape index (κ1) is 27.7. The van der Waals surface area contributed by atoms with Crippen molar-refractivity contribution in [2.45, 2.75) is 32.9 Å². The van der Waals surface area contributed by atoms with Crippen LogP contribution in [0, 0.1) is 6.92 Å². The molecule has 0 aliphatic heterocycles. The van der Waals surface area contributed by atoms with Crippen LogP contribution in [0.1, 0.15) is 24.5 Å². The minimum Gasteiger partial charge on any atom is -0.457 e. The molecule has 0 bridgehead atoms. The van der Waals surface area contributed by atoms with Gasteiger partial charge in [-0.05, 0) is 55.3 Å². The van der Waals surface area contributed by atoms with Crippen molar-refractivity contribution in [1.82, 2.24) is 10.2 Å². The molecular formula is C28H33N3O5S. The molecule has 0 saturated carbocycles. The number of likely N-dealkylation sites (N-methyl/N-ethyl adjacent to an activating group) is 1. The van der Waals surface area contributed by atoms with E-state index in [1.807, 2.05) is 68.4 Å². The fourth-order valence-corrected chi connectivity index (χ4v) is 4.86. The van der Waals surface area contributed by atoms with Gasteiger partial charge in [-0.2, -0.15) is 0 Å². The average molecular weight is 524 g/mol. The quantitative estimate of drug-likeness (QED) is 0.408. The highest BCUT2D eigenvalue weighted by atomic mass is 32.2. The molecule has 9 heteroatoms. The number of hydrogen-bond acceptors (Lipinski definition) is 5. The first-order chi connectivity index (χ1) is 17.6. The topological polar surface area (TPSA) is 96.0 Å². The van der Waals surface area contributed by atoms with E-state index in [1.165, 1.54) is 11.9 Å². The molecule has 2 amide bonds. The summed E-state index contributed by atoms with van der Waals surface area (Å²) in [5.41, 5.74) is 2.19. The van der Waals surface area contributed by atoms with Gasteiger partial charge in [-0.25, -0.2) is 8.42 Å². The van der Waals surface area contributed by atoms with E-state index in [-0.39, 0.29) is 12.5 Å². The Kier molecular flexibility index (Phi) is 9.30. The van der Waals surface area contributed by atoms with Crippen LogP contribution in [-0.2, 0) is 26.2 Å². The van der Waals surface area contributed by atoms with E-state index in [1.54, 1.807) is 24.3 Å². The predicted molar refractivity (Wildman–Crippen MR) is 145 cm³/mol. The molecule has 0 aliphatic rings. The Labute approximate surface area is 218 Å². The Bertz CT molecular complexity index is 1310. The lowest BCUT2D eigenvalue weighted by Crippen LogP contribution is -2.51. The Hall–Kier alpha value is -3.85. The number of ether oxygens (including phenoxy) is 1. The van der Waals surface area contributed by atoms with Gasteiger partial charge in [-0.15, -0.1) is 0 Å². The second-order valence-electron chi connectivity index (χ2n) is 8.73. The number of carbonyl (C=O) groups excluding carboxylic acids is 2. The van der Waals surface area contributed by atoms with E-state index in [9.17, 15) is 18.0 Å². The molecule has 37 heavy (non-hydrogen) atoms. The Morgan fingerprint density at radius 3 is 2.16 bits per heavy atom. The van der Waals surface area contributed by atoms with Crippen molar-refractivity contribution in [2.75, 3.05) is 24.2 Å². The monoisotopic (exact) mass is 523 g/mol. The van der Waals surface area contributed by atoms with Crippen molar-refractivity contribution in [3.05, 3.63) is 90.0 Å². The Balaban J connectivity index is 1.88. The molecule has 0 aliphatic carbocycles. The smallest absolute Gasteiger partial charge is 0.244 e. The average Bonchev–Trinajstić information content (AvgIpc) is 2.87. The lowest BCUT2D eigenvalue weighted by molar-refractivity contribution is -0.140. The van der Waals surface area contributed by atoms with Gasteiger partial charge in [0.1, 0.15) is 24.1 Å². The van der Waals surface area contributed by atoms with Crippen molar-refractivity contribution >= 4 is 27.5 Å². The zero-order chi connectivity index (χ0) is 27.0. The summed E-state index contributed by atoms with van der Waals surface area (Å²) in [4.78, 5) is 27.7. The largest absolute Gasteiger partial charge is 0.457 e. The van der Waals surface area contributed by atoms with Gasteiger partial charge in [0, 0.05) is 13.6 Å². The van der Waals surface area contributed by atoms with Crippen molar-refractivity contribution in [1.29, 1.82) is 0 Å². The highest BCUT2D eigenvalue weighted by Gasteiger charge is 2.31. The minimum absolute atomic E-state index is 0.174. The number of nitrogens with one attached hydrogen (secondary N) is 1. The van der Waals surface area contributed by atoms with Crippen molar-refractivity contribution in [3.8, 4) is 11.5 Å². The molecule has 0 aromatic heterocycles. The van der Waals surface area contributed by atoms with E-state index >= 15 is 0 Å². The number of nitrogens with zero attached hydrogens (tertiary/aromatic N) is 2. The van der Waals surface area contributed by atoms with Gasteiger partial charge >= 0.3 is 0 Å². The highest BCUT2D eigenvalue weighted by molar-refractivity contribution is 7.92. The fourth-order valence-electron chi connectivity index (χ4n) is 4.01. The predicted octanol–water partition coefficient (Wildman–Crippen LogP) is 4.11. The molecule has 0 unspecified atom stereocenters. The highest BCUT2D eigenvalue weighted by Crippen LogP contribution is 2.26. The molecule has 0 radical (unpaired) electrons. The fraction of sp³-hybridized carbons (Fsp3) is 0.286. The number of sulfonamides is 1. The molecule has 3 aromatic rings. The molecule has 3 rings (SSSR count). The number of hydrogen-bond donors (Lipinski definition) is 1. The van der Waals surface area contributed by atoms with Crippen LogP contribution in [0.15, 0.2) is 78.9 Å². The standard InChI is InChI=1S/C28H33N3O5S/c1-5-26(28(33)29-3)30(19-22-11-9-10-21(2)18-22)27(32)20-31(37(4,34)35)23-14-16-25(17-15-23)36-24-12-7-6-8-13-24/h6-18,26H,5,19-20H2,1-4H3,(H,29,33)/t26-/m1/s1. The van der Waals surface area contributed by atoms with Gasteiger partial charge in [0.2, 0.25) is 21.8 Å². The first-order valence-corrected chi connectivity index (χ1v) is 13.8. The molecule has 0 spiro atoms. The third-order valence-corrected chi connectivity index (χ3v) is 6.99. The molecule has 1 N–H and O–H groups in total. The number of amides is 2. The van der Waals surface area contributed by atoms with Crippen molar-refractivity contribution in [3.63, 3.8) is 0 Å². The van der Waals surface area contributed by atoms with Crippen LogP contribution in [0.4, 0.5) is 5.69 Å². The van der Waals surface area contributed by atoms with Crippen LogP contribution >= 0.6 is 0 Å². The summed E-state index contributed by atoms with van der Waals surface area (Å²) in [6.45, 7) is 3.49. The number of benzene rings is 3. The van der Waals surface area contributed by atoms with E-state index in [4.69, 9.17) is 4.74 Å². The zero-order valence-corrected chi connectivity index (χ0v) is 22.4. The van der Waals surface area contributed by atoms with Crippen LogP contribution in [0.25, 0.3) is 0 Å². The van der Waals surface area contributed by atoms with Crippen LogP contribution < -0.4 is 14.4 Å². The van der Waals surface area contributed by atoms with Crippen molar-refractivity contribution < 1.29 is 22.7 Å². The van der Waals surface area contributed by atoms with Crippen molar-refractivity contribution in [2.24, 2.45) is 0 Å². The zero-order valence-electron chi connectivity index (χ0n) is 21.5. The lowest BCUT2D eigenvalue weighted by atomic mass is 10.1. The lowest BCUT2D eigenvalue weighted by Gasteiger charge is -2.32. The maximum atomic E-state index is 13.6. The number of para-hydroxylation sites is 1. The molecule has 0 fully saturated rings. The summed E-state index contributed by atoms with van der Waals surface area (Å²) in [5, 5.41) is 2.61. The number of rotatable bonds is 11. The van der Waals surface area contributed by atoms with Crippen LogP contribution in [0.2, 0.25) is 0 Å². The van der Waals surface area contributed by atoms with Crippen LogP contribution in [-0.4, -0.2) is 51.0 Å². The van der Waals surface area contributed by atoms with E-state index < -0.39 is 28.5 Å². The van der Waals surface area contributed by atoms with E-state index in [0.29, 0.717) is 23.6 Å². The second-order valence-corrected chi connectivity index (χ2v) is 10.6. The summed E-state index contributed by atoms with van der Waals surface area (Å²) >= 11 is 0. The summed E-state index contributed by atoms with van der Waals surface area (Å²) in [7, 11) is -2.30. The first-order valence-electron chi connectivity index (χ1n) is 12.0. The van der Waals surface area contributed by atoms with Gasteiger partial charge in [0.05, 0.1) is 11.9 Å². The number of carbonyl (C=O) groups is 2. The summed E-state index contributed by atoms with van der Waals surface area (Å²) in [6.07, 6.45) is 1.43. The van der Waals surface area contributed by atoms with Gasteiger partial charge in [-0.3, -0.25) is 13.9 Å². The number of aryl methyl sites for hydroxylation is 1. The molecule has 0 saturated heterocycles. The summed E-state index contributed by atoms with van der Waals surface area (Å²) in [6, 6.07) is 22.6. The molecule has 1 atom stereocenters. The molecular weight excluding hydrogens is 490 g/mol. The second kappa shape index (κ2) is 12.4. The van der Waals surface area contributed by atoms with Crippen LogP contribution in [0.5, 0.6) is 11.5 Å².